The van der Waals surface area contributed by atoms with Crippen molar-refractivity contribution in [1.82, 2.24) is 19.9 Å². The zero-order chi connectivity index (χ0) is 16.6. The van der Waals surface area contributed by atoms with Gasteiger partial charge in [-0.1, -0.05) is 17.3 Å². The van der Waals surface area contributed by atoms with Crippen LogP contribution >= 0.6 is 0 Å². The lowest BCUT2D eigenvalue weighted by atomic mass is 10.2. The topological polar surface area (TPSA) is 90.9 Å². The van der Waals surface area contributed by atoms with Crippen LogP contribution in [0.25, 0.3) is 5.69 Å². The van der Waals surface area contributed by atoms with Crippen molar-refractivity contribution in [3.05, 3.63) is 60.0 Å². The number of nitrogens with zero attached hydrogens (tertiary/aromatic N) is 4. The van der Waals surface area contributed by atoms with Crippen LogP contribution in [0.15, 0.2) is 47.2 Å². The number of rotatable bonds is 6. The molecule has 0 bridgehead atoms. The zero-order valence-corrected chi connectivity index (χ0v) is 13.7. The third-order valence-electron chi connectivity index (χ3n) is 3.85. The van der Waals surface area contributed by atoms with Crippen molar-refractivity contribution in [2.75, 3.05) is 0 Å². The molecule has 0 aliphatic heterocycles. The third kappa shape index (κ3) is 3.38. The average molecular weight is 344 g/mol. The summed E-state index contributed by atoms with van der Waals surface area (Å²) in [5.74, 6) is 0.863. The summed E-state index contributed by atoms with van der Waals surface area (Å²) in [4.78, 5) is 4.18. The number of aromatic nitrogens is 4. The van der Waals surface area contributed by atoms with E-state index in [-0.39, 0.29) is 17.3 Å². The molecule has 8 heteroatoms. The Balaban J connectivity index is 1.44. The van der Waals surface area contributed by atoms with E-state index < -0.39 is 9.84 Å². The van der Waals surface area contributed by atoms with Crippen LogP contribution in [0, 0.1) is 0 Å². The number of hydrogen-bond donors (Lipinski definition) is 0. The smallest absolute Gasteiger partial charge is 0.229 e. The Bertz CT molecular complexity index is 926. The average Bonchev–Trinajstić information content (AvgIpc) is 3.06. The Morgan fingerprint density at radius 3 is 2.62 bits per heavy atom. The van der Waals surface area contributed by atoms with E-state index in [0.29, 0.717) is 11.8 Å². The first-order valence-corrected chi connectivity index (χ1v) is 9.53. The second-order valence-electron chi connectivity index (χ2n) is 5.97. The van der Waals surface area contributed by atoms with Gasteiger partial charge >= 0.3 is 0 Å². The minimum atomic E-state index is -3.35. The molecule has 1 aromatic carbocycles. The van der Waals surface area contributed by atoms with Gasteiger partial charge in [0, 0.05) is 18.3 Å². The molecule has 1 saturated carbocycles. The van der Waals surface area contributed by atoms with Crippen molar-refractivity contribution >= 4 is 9.84 Å². The highest BCUT2D eigenvalue weighted by Gasteiger charge is 2.30. The number of hydrogen-bond acceptors (Lipinski definition) is 6. The van der Waals surface area contributed by atoms with E-state index in [9.17, 15) is 8.42 Å². The van der Waals surface area contributed by atoms with Gasteiger partial charge < -0.3 is 4.52 Å². The standard InChI is InChI=1S/C16H16N4O3S/c21-24(22,11-15-18-16(23-19-15)13-4-5-13)10-12-2-6-14(7-3-12)20-9-1-8-17-20/h1-3,6-9,13H,4-5,10-11H2. The van der Waals surface area contributed by atoms with Gasteiger partial charge in [-0.3, -0.25) is 0 Å². The first-order valence-electron chi connectivity index (χ1n) is 7.71. The maximum Gasteiger partial charge on any atom is 0.229 e. The number of benzene rings is 1. The van der Waals surface area contributed by atoms with Crippen LogP contribution in [0.5, 0.6) is 0 Å². The van der Waals surface area contributed by atoms with Crippen LogP contribution in [0.2, 0.25) is 0 Å². The lowest BCUT2D eigenvalue weighted by Gasteiger charge is -2.05. The molecule has 0 unspecified atom stereocenters. The highest BCUT2D eigenvalue weighted by atomic mass is 32.2. The summed E-state index contributed by atoms with van der Waals surface area (Å²) in [5, 5.41) is 7.91. The summed E-state index contributed by atoms with van der Waals surface area (Å²) >= 11 is 0. The molecule has 0 atom stereocenters. The van der Waals surface area contributed by atoms with E-state index >= 15 is 0 Å². The Kier molecular flexibility index (Phi) is 3.68. The summed E-state index contributed by atoms with van der Waals surface area (Å²) < 4.78 is 31.5. The van der Waals surface area contributed by atoms with Gasteiger partial charge in [0.25, 0.3) is 0 Å². The molecule has 124 valence electrons. The van der Waals surface area contributed by atoms with Gasteiger partial charge in [-0.05, 0) is 36.6 Å². The van der Waals surface area contributed by atoms with Crippen molar-refractivity contribution in [1.29, 1.82) is 0 Å². The minimum absolute atomic E-state index is 0.0559. The molecule has 0 radical (unpaired) electrons. The Labute approximate surface area is 139 Å². The fourth-order valence-electron chi connectivity index (χ4n) is 2.49. The van der Waals surface area contributed by atoms with Crippen LogP contribution in [-0.4, -0.2) is 28.3 Å². The normalized spacial score (nSPS) is 14.8. The maximum absolute atomic E-state index is 12.3. The summed E-state index contributed by atoms with van der Waals surface area (Å²) in [6.45, 7) is 0. The molecular weight excluding hydrogens is 328 g/mol. The lowest BCUT2D eigenvalue weighted by Crippen LogP contribution is -2.09. The largest absolute Gasteiger partial charge is 0.339 e. The van der Waals surface area contributed by atoms with E-state index in [1.165, 1.54) is 0 Å². The Morgan fingerprint density at radius 1 is 1.17 bits per heavy atom. The highest BCUT2D eigenvalue weighted by Crippen LogP contribution is 2.38. The van der Waals surface area contributed by atoms with Crippen LogP contribution in [0.4, 0.5) is 0 Å². The van der Waals surface area contributed by atoms with Gasteiger partial charge in [0.15, 0.2) is 15.7 Å². The third-order valence-corrected chi connectivity index (χ3v) is 5.32. The SMILES string of the molecule is O=S(=O)(Cc1ccc(-n2cccn2)cc1)Cc1noc(C2CC2)n1. The summed E-state index contributed by atoms with van der Waals surface area (Å²) in [6, 6.07) is 9.11. The van der Waals surface area contributed by atoms with Crippen molar-refractivity contribution in [2.45, 2.75) is 30.3 Å². The van der Waals surface area contributed by atoms with Crippen molar-refractivity contribution in [2.24, 2.45) is 0 Å². The molecule has 0 saturated heterocycles. The lowest BCUT2D eigenvalue weighted by molar-refractivity contribution is 0.375. The molecule has 0 N–H and O–H groups in total. The van der Waals surface area contributed by atoms with Crippen molar-refractivity contribution in [3.63, 3.8) is 0 Å². The Morgan fingerprint density at radius 2 is 1.96 bits per heavy atom. The van der Waals surface area contributed by atoms with Gasteiger partial charge in [-0.2, -0.15) is 10.1 Å². The maximum atomic E-state index is 12.3. The molecule has 4 rings (SSSR count). The van der Waals surface area contributed by atoms with Crippen LogP contribution in [-0.2, 0) is 21.3 Å². The first kappa shape index (κ1) is 15.1. The quantitative estimate of drug-likeness (QED) is 0.681. The van der Waals surface area contributed by atoms with Crippen LogP contribution < -0.4 is 0 Å². The van der Waals surface area contributed by atoms with E-state index in [1.807, 2.05) is 24.4 Å². The summed E-state index contributed by atoms with van der Waals surface area (Å²) in [5.41, 5.74) is 1.60. The van der Waals surface area contributed by atoms with Gasteiger partial charge in [0.2, 0.25) is 5.89 Å². The molecule has 2 aromatic heterocycles. The monoisotopic (exact) mass is 344 g/mol. The summed E-state index contributed by atoms with van der Waals surface area (Å²) in [7, 11) is -3.35. The molecule has 7 nitrogen and oxygen atoms in total. The molecule has 0 spiro atoms. The highest BCUT2D eigenvalue weighted by molar-refractivity contribution is 7.89. The molecule has 0 amide bonds. The molecule has 1 aliphatic carbocycles. The van der Waals surface area contributed by atoms with E-state index in [2.05, 4.69) is 15.2 Å². The van der Waals surface area contributed by atoms with Gasteiger partial charge in [-0.15, -0.1) is 0 Å². The van der Waals surface area contributed by atoms with Gasteiger partial charge in [0.1, 0.15) is 5.75 Å². The molecular formula is C16H16N4O3S. The van der Waals surface area contributed by atoms with Crippen molar-refractivity contribution in [3.8, 4) is 5.69 Å². The van der Waals surface area contributed by atoms with Crippen molar-refractivity contribution < 1.29 is 12.9 Å². The van der Waals surface area contributed by atoms with Gasteiger partial charge in [0.05, 0.1) is 11.4 Å². The van der Waals surface area contributed by atoms with Gasteiger partial charge in [-0.25, -0.2) is 13.1 Å². The minimum Gasteiger partial charge on any atom is -0.339 e. The fraction of sp³-hybridized carbons (Fsp3) is 0.312. The fourth-order valence-corrected chi connectivity index (χ4v) is 3.80. The molecule has 2 heterocycles. The second-order valence-corrected chi connectivity index (χ2v) is 8.04. The van der Waals surface area contributed by atoms with E-state index in [4.69, 9.17) is 4.52 Å². The van der Waals surface area contributed by atoms with E-state index in [1.54, 1.807) is 23.0 Å². The zero-order valence-electron chi connectivity index (χ0n) is 12.9. The predicted molar refractivity (Wildman–Crippen MR) is 86.2 cm³/mol. The number of sulfone groups is 1. The molecule has 1 fully saturated rings. The molecule has 1 aliphatic rings. The van der Waals surface area contributed by atoms with Crippen LogP contribution in [0.3, 0.4) is 0 Å². The first-order chi connectivity index (χ1) is 11.6. The van der Waals surface area contributed by atoms with Crippen LogP contribution in [0.1, 0.15) is 36.0 Å². The van der Waals surface area contributed by atoms with E-state index in [0.717, 1.165) is 24.1 Å². The summed E-state index contributed by atoms with van der Waals surface area (Å²) in [6.07, 6.45) is 5.60. The second kappa shape index (κ2) is 5.86. The Hall–Kier alpha value is -2.48. The predicted octanol–water partition coefficient (Wildman–Crippen LogP) is 2.25. The molecule has 3 aromatic rings. The molecule has 24 heavy (non-hydrogen) atoms.